The van der Waals surface area contributed by atoms with Crippen molar-refractivity contribution in [1.29, 1.82) is 0 Å². The van der Waals surface area contributed by atoms with E-state index in [2.05, 4.69) is 22.7 Å². The zero-order chi connectivity index (χ0) is 15.1. The highest BCUT2D eigenvalue weighted by atomic mass is 16.3. The zero-order valence-corrected chi connectivity index (χ0v) is 11.9. The molecule has 0 spiro atoms. The molecule has 2 aromatic carbocycles. The Morgan fingerprint density at radius 3 is 2.62 bits per heavy atom. The van der Waals surface area contributed by atoms with Gasteiger partial charge in [0.15, 0.2) is 0 Å². The average molecular weight is 282 g/mol. The molecular formula is C17H18N2O2. The highest BCUT2D eigenvalue weighted by molar-refractivity contribution is 5.95. The lowest BCUT2D eigenvalue weighted by atomic mass is 10.1. The molecule has 21 heavy (non-hydrogen) atoms. The lowest BCUT2D eigenvalue weighted by Gasteiger charge is -2.04. The number of hydrogen-bond donors (Lipinski definition) is 2. The minimum atomic E-state index is -0.329. The second-order valence-electron chi connectivity index (χ2n) is 4.82. The van der Waals surface area contributed by atoms with Crippen LogP contribution in [0.1, 0.15) is 29.3 Å². The molecule has 108 valence electrons. The molecule has 2 rings (SSSR count). The number of rotatable bonds is 5. The molecule has 1 amide bonds. The summed E-state index contributed by atoms with van der Waals surface area (Å²) in [5.41, 5.74) is 4.98. The first-order chi connectivity index (χ1) is 10.1. The van der Waals surface area contributed by atoms with E-state index in [1.165, 1.54) is 17.7 Å². The van der Waals surface area contributed by atoms with Crippen LogP contribution in [0.25, 0.3) is 0 Å². The normalized spacial score (nSPS) is 11.2. The molecule has 2 aromatic rings. The van der Waals surface area contributed by atoms with Crippen molar-refractivity contribution in [2.75, 3.05) is 0 Å². The van der Waals surface area contributed by atoms with Gasteiger partial charge < -0.3 is 5.11 Å². The summed E-state index contributed by atoms with van der Waals surface area (Å²) in [6.45, 7) is 1.88. The molecule has 0 aliphatic rings. The van der Waals surface area contributed by atoms with Crippen LogP contribution < -0.4 is 5.43 Å². The van der Waals surface area contributed by atoms with Crippen molar-refractivity contribution in [3.8, 4) is 5.75 Å². The fourth-order valence-corrected chi connectivity index (χ4v) is 1.88. The van der Waals surface area contributed by atoms with Crippen molar-refractivity contribution >= 4 is 11.6 Å². The SMILES string of the molecule is C/C(CCc1ccccc1)=N/NC(=O)c1cccc(O)c1. The number of benzene rings is 2. The minimum Gasteiger partial charge on any atom is -0.508 e. The first-order valence-corrected chi connectivity index (χ1v) is 6.81. The molecule has 0 fully saturated rings. The molecule has 4 heteroatoms. The first-order valence-electron chi connectivity index (χ1n) is 6.81. The topological polar surface area (TPSA) is 61.7 Å². The maximum absolute atomic E-state index is 11.8. The van der Waals surface area contributed by atoms with Gasteiger partial charge in [0.2, 0.25) is 0 Å². The monoisotopic (exact) mass is 282 g/mol. The Bertz CT molecular complexity index is 636. The van der Waals surface area contributed by atoms with Crippen LogP contribution in [-0.2, 0) is 6.42 Å². The standard InChI is InChI=1S/C17H18N2O2/c1-13(10-11-14-6-3-2-4-7-14)18-19-17(21)15-8-5-9-16(20)12-15/h2-9,12,20H,10-11H2,1H3,(H,19,21)/b18-13-. The second-order valence-corrected chi connectivity index (χ2v) is 4.82. The van der Waals surface area contributed by atoms with E-state index in [-0.39, 0.29) is 11.7 Å². The Morgan fingerprint density at radius 1 is 1.14 bits per heavy atom. The molecule has 0 saturated carbocycles. The third kappa shape index (κ3) is 4.76. The lowest BCUT2D eigenvalue weighted by Crippen LogP contribution is -2.19. The van der Waals surface area contributed by atoms with E-state index in [1.54, 1.807) is 12.1 Å². The van der Waals surface area contributed by atoms with Gasteiger partial charge >= 0.3 is 0 Å². The molecule has 2 N–H and O–H groups in total. The second kappa shape index (κ2) is 7.24. The van der Waals surface area contributed by atoms with Crippen LogP contribution in [0.15, 0.2) is 59.7 Å². The maximum atomic E-state index is 11.8. The van der Waals surface area contributed by atoms with Gasteiger partial charge in [-0.3, -0.25) is 4.79 Å². The molecule has 0 bridgehead atoms. The molecule has 0 heterocycles. The van der Waals surface area contributed by atoms with Crippen LogP contribution in [0.4, 0.5) is 0 Å². The van der Waals surface area contributed by atoms with Gasteiger partial charge in [-0.2, -0.15) is 5.10 Å². The zero-order valence-electron chi connectivity index (χ0n) is 11.9. The first kappa shape index (κ1) is 14.8. The fraction of sp³-hybridized carbons (Fsp3) is 0.176. The van der Waals surface area contributed by atoms with E-state index >= 15 is 0 Å². The molecule has 0 aliphatic carbocycles. The van der Waals surface area contributed by atoms with E-state index < -0.39 is 0 Å². The van der Waals surface area contributed by atoms with Gasteiger partial charge in [-0.15, -0.1) is 0 Å². The van der Waals surface area contributed by atoms with Gasteiger partial charge in [0.05, 0.1) is 0 Å². The molecule has 0 atom stereocenters. The van der Waals surface area contributed by atoms with E-state index in [1.807, 2.05) is 25.1 Å². The highest BCUT2D eigenvalue weighted by Gasteiger charge is 2.05. The van der Waals surface area contributed by atoms with Gasteiger partial charge in [0.1, 0.15) is 5.75 Å². The summed E-state index contributed by atoms with van der Waals surface area (Å²) >= 11 is 0. The van der Waals surface area contributed by atoms with Crippen molar-refractivity contribution < 1.29 is 9.90 Å². The van der Waals surface area contributed by atoms with Gasteiger partial charge in [-0.1, -0.05) is 36.4 Å². The third-order valence-corrected chi connectivity index (χ3v) is 3.07. The van der Waals surface area contributed by atoms with Crippen LogP contribution in [0.3, 0.4) is 0 Å². The largest absolute Gasteiger partial charge is 0.508 e. The Kier molecular flexibility index (Phi) is 5.10. The summed E-state index contributed by atoms with van der Waals surface area (Å²) in [6, 6.07) is 16.3. The highest BCUT2D eigenvalue weighted by Crippen LogP contribution is 2.10. The number of aromatic hydroxyl groups is 1. The van der Waals surface area contributed by atoms with Gasteiger partial charge in [0, 0.05) is 11.3 Å². The van der Waals surface area contributed by atoms with E-state index in [0.29, 0.717) is 5.56 Å². The number of carbonyl (C=O) groups is 1. The van der Waals surface area contributed by atoms with Crippen molar-refractivity contribution in [3.63, 3.8) is 0 Å². The number of phenols is 1. The Balaban J connectivity index is 1.87. The number of amides is 1. The van der Waals surface area contributed by atoms with Crippen LogP contribution in [0.2, 0.25) is 0 Å². The summed E-state index contributed by atoms with van der Waals surface area (Å²) in [5, 5.41) is 13.4. The number of nitrogens with one attached hydrogen (secondary N) is 1. The summed E-state index contributed by atoms with van der Waals surface area (Å²) in [4.78, 5) is 11.8. The van der Waals surface area contributed by atoms with E-state index in [4.69, 9.17) is 0 Å². The number of phenolic OH excluding ortho intramolecular Hbond substituents is 1. The van der Waals surface area contributed by atoms with Gasteiger partial charge in [0.25, 0.3) is 5.91 Å². The molecule has 0 unspecified atom stereocenters. The summed E-state index contributed by atoms with van der Waals surface area (Å²) in [7, 11) is 0. The van der Waals surface area contributed by atoms with Crippen LogP contribution in [0, 0.1) is 0 Å². The average Bonchev–Trinajstić information content (AvgIpc) is 2.51. The Labute approximate surface area is 124 Å². The summed E-state index contributed by atoms with van der Waals surface area (Å²) < 4.78 is 0. The van der Waals surface area contributed by atoms with E-state index in [9.17, 15) is 9.90 Å². The van der Waals surface area contributed by atoms with Gasteiger partial charge in [-0.05, 0) is 43.5 Å². The molecule has 4 nitrogen and oxygen atoms in total. The predicted molar refractivity (Wildman–Crippen MR) is 83.4 cm³/mol. The van der Waals surface area contributed by atoms with Gasteiger partial charge in [-0.25, -0.2) is 5.43 Å². The molecule has 0 saturated heterocycles. The summed E-state index contributed by atoms with van der Waals surface area (Å²) in [6.07, 6.45) is 1.67. The fourth-order valence-electron chi connectivity index (χ4n) is 1.88. The quantitative estimate of drug-likeness (QED) is 0.653. The van der Waals surface area contributed by atoms with Crippen LogP contribution >= 0.6 is 0 Å². The number of hydrogen-bond acceptors (Lipinski definition) is 3. The van der Waals surface area contributed by atoms with Crippen molar-refractivity contribution in [1.82, 2.24) is 5.43 Å². The van der Waals surface area contributed by atoms with Crippen molar-refractivity contribution in [3.05, 3.63) is 65.7 Å². The van der Waals surface area contributed by atoms with Crippen molar-refractivity contribution in [2.45, 2.75) is 19.8 Å². The number of hydrazone groups is 1. The van der Waals surface area contributed by atoms with E-state index in [0.717, 1.165) is 18.6 Å². The lowest BCUT2D eigenvalue weighted by molar-refractivity contribution is 0.0954. The van der Waals surface area contributed by atoms with Crippen LogP contribution in [0.5, 0.6) is 5.75 Å². The predicted octanol–water partition coefficient (Wildman–Crippen LogP) is 3.13. The molecular weight excluding hydrogens is 264 g/mol. The Hall–Kier alpha value is -2.62. The minimum absolute atomic E-state index is 0.0624. The maximum Gasteiger partial charge on any atom is 0.271 e. The molecule has 0 aliphatic heterocycles. The van der Waals surface area contributed by atoms with Crippen molar-refractivity contribution in [2.24, 2.45) is 5.10 Å². The Morgan fingerprint density at radius 2 is 1.90 bits per heavy atom. The number of nitrogens with zero attached hydrogens (tertiary/aromatic N) is 1. The number of carbonyl (C=O) groups excluding carboxylic acids is 1. The smallest absolute Gasteiger partial charge is 0.271 e. The number of aryl methyl sites for hydroxylation is 1. The van der Waals surface area contributed by atoms with Crippen LogP contribution in [-0.4, -0.2) is 16.7 Å². The summed E-state index contributed by atoms with van der Waals surface area (Å²) in [5.74, 6) is -0.266. The molecule has 0 aromatic heterocycles. The molecule has 0 radical (unpaired) electrons. The third-order valence-electron chi connectivity index (χ3n) is 3.07.